The minimum atomic E-state index is -0.559. The Morgan fingerprint density at radius 3 is 2.64 bits per heavy atom. The van der Waals surface area contributed by atoms with Crippen molar-refractivity contribution in [3.05, 3.63) is 69.3 Å². The molecule has 0 amide bonds. The van der Waals surface area contributed by atoms with E-state index in [9.17, 15) is 10.1 Å². The molecule has 0 unspecified atom stereocenters. The van der Waals surface area contributed by atoms with Gasteiger partial charge >= 0.3 is 0 Å². The van der Waals surface area contributed by atoms with E-state index in [1.165, 1.54) is 18.2 Å². The highest BCUT2D eigenvalue weighted by molar-refractivity contribution is 6.24. The quantitative estimate of drug-likeness (QED) is 0.653. The predicted molar refractivity (Wildman–Crippen MR) is 80.4 cm³/mol. The van der Waals surface area contributed by atoms with Crippen LogP contribution in [0.1, 0.15) is 16.7 Å². The number of aliphatic imine (C=N–C) groups is 1. The van der Waals surface area contributed by atoms with Gasteiger partial charge in [-0.05, 0) is 6.07 Å². The van der Waals surface area contributed by atoms with Crippen LogP contribution in [0.15, 0.2) is 47.5 Å². The first-order valence-corrected chi connectivity index (χ1v) is 6.32. The molecule has 0 bridgehead atoms. The van der Waals surface area contributed by atoms with Gasteiger partial charge in [-0.25, -0.2) is 4.99 Å². The van der Waals surface area contributed by atoms with Crippen molar-refractivity contribution in [3.8, 4) is 6.07 Å². The lowest BCUT2D eigenvalue weighted by molar-refractivity contribution is -0.384. The Balaban J connectivity index is 2.09. The Bertz CT molecular complexity index is 880. The molecule has 0 radical (unpaired) electrons. The van der Waals surface area contributed by atoms with Crippen LogP contribution in [-0.2, 0) is 0 Å². The van der Waals surface area contributed by atoms with Crippen molar-refractivity contribution in [2.75, 3.05) is 0 Å². The van der Waals surface area contributed by atoms with Gasteiger partial charge in [0.2, 0.25) is 0 Å². The molecule has 1 heterocycles. The number of benzene rings is 2. The van der Waals surface area contributed by atoms with E-state index in [4.69, 9.17) is 10.7 Å². The Kier molecular flexibility index (Phi) is 3.12. The van der Waals surface area contributed by atoms with Crippen LogP contribution in [0.5, 0.6) is 0 Å². The molecule has 0 spiro atoms. The van der Waals surface area contributed by atoms with Crippen LogP contribution in [0.2, 0.25) is 0 Å². The fraction of sp³-hybridized carbons (Fsp3) is 0. The van der Waals surface area contributed by atoms with Crippen molar-refractivity contribution < 1.29 is 4.92 Å². The van der Waals surface area contributed by atoms with Crippen LogP contribution in [0.25, 0.3) is 0 Å². The van der Waals surface area contributed by atoms with Gasteiger partial charge in [0.25, 0.3) is 5.69 Å². The minimum Gasteiger partial charge on any atom is -0.324 e. The molecule has 0 fully saturated rings. The number of fused-ring (bicyclic) bond motifs is 1. The number of nitro benzene ring substituents is 1. The molecule has 2 aromatic carbocycles. The van der Waals surface area contributed by atoms with Crippen LogP contribution in [-0.4, -0.2) is 16.6 Å². The van der Waals surface area contributed by atoms with Gasteiger partial charge in [0.05, 0.1) is 16.2 Å². The van der Waals surface area contributed by atoms with Crippen LogP contribution in [0.4, 0.5) is 11.4 Å². The molecule has 0 aromatic heterocycles. The second-order valence-electron chi connectivity index (χ2n) is 4.58. The zero-order valence-electron chi connectivity index (χ0n) is 11.2. The number of nitrogens with one attached hydrogen (secondary N) is 2. The normalized spacial score (nSPS) is 14.3. The molecule has 7 nitrogen and oxygen atoms in total. The molecule has 2 aromatic rings. The van der Waals surface area contributed by atoms with Gasteiger partial charge in [-0.1, -0.05) is 24.3 Å². The van der Waals surface area contributed by atoms with E-state index >= 15 is 0 Å². The molecule has 7 heteroatoms. The lowest BCUT2D eigenvalue weighted by Gasteiger charge is -2.02. The summed E-state index contributed by atoms with van der Waals surface area (Å²) in [6.07, 6.45) is 0. The maximum atomic E-state index is 10.8. The second-order valence-corrected chi connectivity index (χ2v) is 4.58. The number of nitro groups is 1. The molecule has 0 aliphatic carbocycles. The summed E-state index contributed by atoms with van der Waals surface area (Å²) in [4.78, 5) is 14.5. The average molecular weight is 291 g/mol. The first-order valence-electron chi connectivity index (χ1n) is 6.32. The van der Waals surface area contributed by atoms with Crippen molar-refractivity contribution in [1.29, 1.82) is 10.7 Å². The highest BCUT2D eigenvalue weighted by Crippen LogP contribution is 2.26. The van der Waals surface area contributed by atoms with Gasteiger partial charge in [-0.2, -0.15) is 5.26 Å². The summed E-state index contributed by atoms with van der Waals surface area (Å²) in [5, 5.41) is 30.6. The summed E-state index contributed by atoms with van der Waals surface area (Å²) in [5.74, 6) is 0.681. The van der Waals surface area contributed by atoms with Gasteiger partial charge in [0.15, 0.2) is 0 Å². The molecular weight excluding hydrogens is 282 g/mol. The number of nitriles is 1. The van der Waals surface area contributed by atoms with Crippen LogP contribution in [0.3, 0.4) is 0 Å². The second kappa shape index (κ2) is 5.10. The van der Waals surface area contributed by atoms with Crippen molar-refractivity contribution >= 4 is 23.0 Å². The Morgan fingerprint density at radius 1 is 1.23 bits per heavy atom. The van der Waals surface area contributed by atoms with E-state index in [0.717, 1.165) is 11.1 Å². The smallest absolute Gasteiger partial charge is 0.270 e. The standard InChI is InChI=1S/C15H9N5O2/c16-8-9-7-10(20(21)22)5-6-13(9)18-15-12-4-2-1-3-11(12)14(17)19-15/h1-7H,(H2,17,18,19). The van der Waals surface area contributed by atoms with E-state index in [2.05, 4.69) is 10.3 Å². The van der Waals surface area contributed by atoms with Gasteiger partial charge < -0.3 is 5.32 Å². The minimum absolute atomic E-state index is 0.111. The topological polar surface area (TPSA) is 115 Å². The fourth-order valence-corrected chi connectivity index (χ4v) is 2.19. The molecular formula is C15H9N5O2. The van der Waals surface area contributed by atoms with Crippen LogP contribution < -0.4 is 5.32 Å². The van der Waals surface area contributed by atoms with Crippen molar-refractivity contribution in [2.45, 2.75) is 0 Å². The summed E-state index contributed by atoms with van der Waals surface area (Å²) in [7, 11) is 0. The molecule has 22 heavy (non-hydrogen) atoms. The maximum Gasteiger partial charge on any atom is 0.270 e. The third-order valence-corrected chi connectivity index (χ3v) is 3.24. The number of nitrogens with zero attached hydrogens (tertiary/aromatic N) is 3. The molecule has 3 rings (SSSR count). The number of non-ortho nitro benzene ring substituents is 1. The van der Waals surface area contributed by atoms with E-state index < -0.39 is 4.92 Å². The zero-order valence-corrected chi connectivity index (χ0v) is 11.2. The Hall–Kier alpha value is -3.53. The number of rotatable bonds is 2. The van der Waals surface area contributed by atoms with Gasteiger partial charge in [0.1, 0.15) is 17.7 Å². The van der Waals surface area contributed by atoms with E-state index in [1.54, 1.807) is 6.07 Å². The Morgan fingerprint density at radius 2 is 1.95 bits per heavy atom. The Labute approximate surface area is 125 Å². The molecule has 106 valence electrons. The zero-order chi connectivity index (χ0) is 15.7. The van der Waals surface area contributed by atoms with Crippen LogP contribution >= 0.6 is 0 Å². The monoisotopic (exact) mass is 291 g/mol. The first-order chi connectivity index (χ1) is 10.6. The molecule has 2 N–H and O–H groups in total. The number of amidine groups is 2. The SMILES string of the molecule is N#Cc1cc([N+](=O)[O-])ccc1N=C1NC(=N)c2ccccc21. The summed E-state index contributed by atoms with van der Waals surface area (Å²) >= 11 is 0. The molecule has 0 saturated heterocycles. The fourth-order valence-electron chi connectivity index (χ4n) is 2.19. The van der Waals surface area contributed by atoms with E-state index in [-0.39, 0.29) is 17.1 Å². The third-order valence-electron chi connectivity index (χ3n) is 3.24. The molecule has 0 saturated carbocycles. The summed E-state index contributed by atoms with van der Waals surface area (Å²) < 4.78 is 0. The largest absolute Gasteiger partial charge is 0.324 e. The summed E-state index contributed by atoms with van der Waals surface area (Å²) in [6, 6.07) is 13.1. The molecule has 1 aliphatic rings. The van der Waals surface area contributed by atoms with E-state index in [1.807, 2.05) is 24.3 Å². The summed E-state index contributed by atoms with van der Waals surface area (Å²) in [6.45, 7) is 0. The van der Waals surface area contributed by atoms with E-state index in [0.29, 0.717) is 11.5 Å². The maximum absolute atomic E-state index is 10.8. The van der Waals surface area contributed by atoms with Crippen LogP contribution in [0, 0.1) is 26.9 Å². The first kappa shape index (κ1) is 13.5. The average Bonchev–Trinajstić information content (AvgIpc) is 2.84. The van der Waals surface area contributed by atoms with Gasteiger partial charge in [0, 0.05) is 23.3 Å². The van der Waals surface area contributed by atoms with Gasteiger partial charge in [-0.3, -0.25) is 15.5 Å². The van der Waals surface area contributed by atoms with Crippen molar-refractivity contribution in [3.63, 3.8) is 0 Å². The lowest BCUT2D eigenvalue weighted by atomic mass is 10.1. The predicted octanol–water partition coefficient (Wildman–Crippen LogP) is 2.47. The van der Waals surface area contributed by atoms with Crippen molar-refractivity contribution in [2.24, 2.45) is 4.99 Å². The van der Waals surface area contributed by atoms with Crippen molar-refractivity contribution in [1.82, 2.24) is 5.32 Å². The third kappa shape index (κ3) is 2.19. The highest BCUT2D eigenvalue weighted by Gasteiger charge is 2.22. The molecule has 0 atom stereocenters. The summed E-state index contributed by atoms with van der Waals surface area (Å²) in [5.41, 5.74) is 1.75. The molecule has 1 aliphatic heterocycles. The number of hydrogen-bond acceptors (Lipinski definition) is 5. The number of hydrogen-bond donors (Lipinski definition) is 2. The lowest BCUT2D eigenvalue weighted by Crippen LogP contribution is -2.21. The highest BCUT2D eigenvalue weighted by atomic mass is 16.6. The van der Waals surface area contributed by atoms with Gasteiger partial charge in [-0.15, -0.1) is 0 Å².